The molecule has 44 valence electrons. The summed E-state index contributed by atoms with van der Waals surface area (Å²) in [6, 6.07) is 2.00. The van der Waals surface area contributed by atoms with E-state index in [-0.39, 0.29) is 0 Å². The molecule has 0 saturated heterocycles. The number of allylic oxidation sites excluding steroid dienone is 2. The third-order valence-electron chi connectivity index (χ3n) is 0.736. The maximum Gasteiger partial charge on any atom is 0.0940 e. The first-order valence-corrected chi connectivity index (χ1v) is 2.97. The molecular weight excluding hydrogens is 122 g/mol. The van der Waals surface area contributed by atoms with Crippen LogP contribution in [0.5, 0.6) is 0 Å². The minimum absolute atomic E-state index is 0.596. The summed E-state index contributed by atoms with van der Waals surface area (Å²) in [6.07, 6.45) is 2.62. The van der Waals surface area contributed by atoms with Gasteiger partial charge in [0.15, 0.2) is 0 Å². The Kier molecular flexibility index (Phi) is 4.39. The first-order valence-electron chi connectivity index (χ1n) is 2.44. The normalized spacial score (nSPS) is 10.9. The van der Waals surface area contributed by atoms with E-state index in [9.17, 15) is 0 Å². The third kappa shape index (κ3) is 3.70. The summed E-state index contributed by atoms with van der Waals surface area (Å²) in [4.78, 5) is 0. The second-order valence-corrected chi connectivity index (χ2v) is 1.85. The van der Waals surface area contributed by atoms with Crippen molar-refractivity contribution in [2.24, 2.45) is 0 Å². The lowest BCUT2D eigenvalue weighted by Crippen LogP contribution is -1.70. The minimum Gasteiger partial charge on any atom is -0.193 e. The number of alkyl halides is 1. The van der Waals surface area contributed by atoms with Crippen LogP contribution in [0.2, 0.25) is 0 Å². The first-order chi connectivity index (χ1) is 3.81. The Hall–Kier alpha value is -0.480. The molecule has 0 radical (unpaired) electrons. The van der Waals surface area contributed by atoms with Crippen molar-refractivity contribution < 1.29 is 0 Å². The highest BCUT2D eigenvalue weighted by Gasteiger charge is 1.80. The van der Waals surface area contributed by atoms with Gasteiger partial charge in [0.05, 0.1) is 6.07 Å². The monoisotopic (exact) mass is 129 g/mol. The predicted molar refractivity (Wildman–Crippen MR) is 34.7 cm³/mol. The SMILES string of the molecule is C/C(C#N)=C\CCCl. The molecule has 0 aromatic heterocycles. The van der Waals surface area contributed by atoms with Gasteiger partial charge in [0, 0.05) is 11.5 Å². The molecule has 0 aliphatic carbocycles. The maximum atomic E-state index is 8.20. The molecule has 0 atom stereocenters. The van der Waals surface area contributed by atoms with Crippen molar-refractivity contribution in [1.82, 2.24) is 0 Å². The van der Waals surface area contributed by atoms with Gasteiger partial charge in [-0.1, -0.05) is 6.08 Å². The summed E-state index contributed by atoms with van der Waals surface area (Å²) in [5, 5.41) is 8.20. The molecule has 0 aliphatic rings. The molecule has 0 aromatic rings. The zero-order chi connectivity index (χ0) is 6.41. The van der Waals surface area contributed by atoms with Crippen molar-refractivity contribution in [3.05, 3.63) is 11.6 Å². The van der Waals surface area contributed by atoms with Crippen molar-refractivity contribution in [1.29, 1.82) is 5.26 Å². The quantitative estimate of drug-likeness (QED) is 0.414. The van der Waals surface area contributed by atoms with Crippen LogP contribution >= 0.6 is 11.6 Å². The molecule has 0 aliphatic heterocycles. The molecule has 8 heavy (non-hydrogen) atoms. The summed E-state index contributed by atoms with van der Waals surface area (Å²) in [5.41, 5.74) is 0.741. The molecule has 0 spiro atoms. The van der Waals surface area contributed by atoms with Crippen LogP contribution in [-0.2, 0) is 0 Å². The van der Waals surface area contributed by atoms with Crippen LogP contribution in [0.15, 0.2) is 11.6 Å². The van der Waals surface area contributed by atoms with E-state index in [1.807, 2.05) is 12.1 Å². The van der Waals surface area contributed by atoms with Crippen LogP contribution in [0, 0.1) is 11.3 Å². The van der Waals surface area contributed by atoms with Crippen molar-refractivity contribution in [3.8, 4) is 6.07 Å². The molecule has 2 heteroatoms. The number of rotatable bonds is 2. The van der Waals surface area contributed by atoms with Crippen LogP contribution in [-0.4, -0.2) is 5.88 Å². The number of nitrogens with zero attached hydrogens (tertiary/aromatic N) is 1. The second-order valence-electron chi connectivity index (χ2n) is 1.48. The Morgan fingerprint density at radius 2 is 2.50 bits per heavy atom. The van der Waals surface area contributed by atoms with E-state index < -0.39 is 0 Å². The molecule has 0 aromatic carbocycles. The third-order valence-corrected chi connectivity index (χ3v) is 0.954. The second kappa shape index (κ2) is 4.67. The molecule has 0 saturated carbocycles. The summed E-state index contributed by atoms with van der Waals surface area (Å²) in [6.45, 7) is 1.77. The van der Waals surface area contributed by atoms with E-state index in [0.717, 1.165) is 12.0 Å². The van der Waals surface area contributed by atoms with Crippen LogP contribution in [0.1, 0.15) is 13.3 Å². The van der Waals surface area contributed by atoms with E-state index >= 15 is 0 Å². The number of nitriles is 1. The van der Waals surface area contributed by atoms with Gasteiger partial charge in [0.1, 0.15) is 0 Å². The van der Waals surface area contributed by atoms with Gasteiger partial charge in [-0.15, -0.1) is 11.6 Å². The van der Waals surface area contributed by atoms with Crippen molar-refractivity contribution in [2.45, 2.75) is 13.3 Å². The van der Waals surface area contributed by atoms with E-state index in [2.05, 4.69) is 0 Å². The summed E-state index contributed by atoms with van der Waals surface area (Å²) >= 11 is 5.35. The minimum atomic E-state index is 0.596. The van der Waals surface area contributed by atoms with Crippen LogP contribution in [0.4, 0.5) is 0 Å². The Morgan fingerprint density at radius 1 is 1.88 bits per heavy atom. The van der Waals surface area contributed by atoms with Crippen LogP contribution < -0.4 is 0 Å². The highest BCUT2D eigenvalue weighted by atomic mass is 35.5. The maximum absolute atomic E-state index is 8.20. The highest BCUT2D eigenvalue weighted by Crippen LogP contribution is 1.93. The molecule has 0 unspecified atom stereocenters. The van der Waals surface area contributed by atoms with Crippen molar-refractivity contribution in [3.63, 3.8) is 0 Å². The fourth-order valence-corrected chi connectivity index (χ4v) is 0.426. The molecule has 0 bridgehead atoms. The average Bonchev–Trinajstić information content (AvgIpc) is 1.83. The zero-order valence-corrected chi connectivity index (χ0v) is 5.57. The number of halogens is 1. The smallest absolute Gasteiger partial charge is 0.0940 e. The van der Waals surface area contributed by atoms with E-state index in [4.69, 9.17) is 16.9 Å². The fourth-order valence-electron chi connectivity index (χ4n) is 0.317. The van der Waals surface area contributed by atoms with Gasteiger partial charge < -0.3 is 0 Å². The lowest BCUT2D eigenvalue weighted by Gasteiger charge is -1.81. The van der Waals surface area contributed by atoms with E-state index in [1.54, 1.807) is 6.92 Å². The fraction of sp³-hybridized carbons (Fsp3) is 0.500. The Morgan fingerprint density at radius 3 is 2.88 bits per heavy atom. The summed E-state index contributed by atoms with van der Waals surface area (Å²) in [5.74, 6) is 0.596. The standard InChI is InChI=1S/C6H8ClN/c1-6(5-8)3-2-4-7/h3H,2,4H2,1H3/b6-3+. The van der Waals surface area contributed by atoms with Gasteiger partial charge >= 0.3 is 0 Å². The van der Waals surface area contributed by atoms with E-state index in [0.29, 0.717) is 5.88 Å². The van der Waals surface area contributed by atoms with Crippen molar-refractivity contribution >= 4 is 11.6 Å². The van der Waals surface area contributed by atoms with Crippen LogP contribution in [0.25, 0.3) is 0 Å². The first kappa shape index (κ1) is 7.52. The highest BCUT2D eigenvalue weighted by molar-refractivity contribution is 6.17. The summed E-state index contributed by atoms with van der Waals surface area (Å²) in [7, 11) is 0. The lowest BCUT2D eigenvalue weighted by molar-refractivity contribution is 1.21. The topological polar surface area (TPSA) is 23.8 Å². The molecule has 0 rings (SSSR count). The van der Waals surface area contributed by atoms with Gasteiger partial charge in [0.25, 0.3) is 0 Å². The molecule has 0 N–H and O–H groups in total. The molecule has 1 nitrogen and oxygen atoms in total. The zero-order valence-electron chi connectivity index (χ0n) is 4.82. The number of hydrogen-bond donors (Lipinski definition) is 0. The molecule has 0 amide bonds. The Labute approximate surface area is 54.6 Å². The summed E-state index contributed by atoms with van der Waals surface area (Å²) < 4.78 is 0. The van der Waals surface area contributed by atoms with Gasteiger partial charge in [-0.3, -0.25) is 0 Å². The lowest BCUT2D eigenvalue weighted by atomic mass is 10.3. The molecule has 0 heterocycles. The average molecular weight is 130 g/mol. The Bertz CT molecular complexity index is 121. The van der Waals surface area contributed by atoms with Crippen LogP contribution in [0.3, 0.4) is 0 Å². The predicted octanol–water partition coefficient (Wildman–Crippen LogP) is 2.09. The van der Waals surface area contributed by atoms with Gasteiger partial charge in [-0.25, -0.2) is 0 Å². The molecule has 0 fully saturated rings. The Balaban J connectivity index is 3.46. The molecular formula is C6H8ClN. The largest absolute Gasteiger partial charge is 0.193 e. The van der Waals surface area contributed by atoms with Gasteiger partial charge in [-0.05, 0) is 13.3 Å². The number of hydrogen-bond acceptors (Lipinski definition) is 1. The van der Waals surface area contributed by atoms with Crippen molar-refractivity contribution in [2.75, 3.05) is 5.88 Å². The van der Waals surface area contributed by atoms with Gasteiger partial charge in [0.2, 0.25) is 0 Å². The van der Waals surface area contributed by atoms with E-state index in [1.165, 1.54) is 0 Å². The van der Waals surface area contributed by atoms with Gasteiger partial charge in [-0.2, -0.15) is 5.26 Å².